The van der Waals surface area contributed by atoms with Crippen LogP contribution in [0, 0.1) is 0 Å². The van der Waals surface area contributed by atoms with Gasteiger partial charge in [-0.1, -0.05) is 36.4 Å². The quantitative estimate of drug-likeness (QED) is 0.837. The average molecular weight is 239 g/mol. The number of hydrogen-bond acceptors (Lipinski definition) is 2. The number of primary amides is 1. The Morgan fingerprint density at radius 3 is 1.50 bits per heavy atom. The van der Waals surface area contributed by atoms with Crippen LogP contribution in [-0.4, -0.2) is 11.7 Å². The summed E-state index contributed by atoms with van der Waals surface area (Å²) in [6, 6.07) is 14.4. The van der Waals surface area contributed by atoms with E-state index in [0.29, 0.717) is 11.1 Å². The van der Waals surface area contributed by atoms with Crippen molar-refractivity contribution >= 4 is 11.7 Å². The number of ketones is 1. The van der Waals surface area contributed by atoms with E-state index in [1.807, 2.05) is 24.3 Å². The van der Waals surface area contributed by atoms with Gasteiger partial charge >= 0.3 is 0 Å². The second-order valence-corrected chi connectivity index (χ2v) is 4.08. The molecule has 0 atom stereocenters. The number of amides is 1. The second kappa shape index (κ2) is 4.84. The first kappa shape index (κ1) is 12.0. The highest BCUT2D eigenvalue weighted by atomic mass is 16.1. The molecule has 0 spiro atoms. The summed E-state index contributed by atoms with van der Waals surface area (Å²) < 4.78 is 0. The molecule has 0 unspecified atom stereocenters. The monoisotopic (exact) mass is 239 g/mol. The van der Waals surface area contributed by atoms with Crippen molar-refractivity contribution in [2.75, 3.05) is 0 Å². The van der Waals surface area contributed by atoms with Crippen LogP contribution in [-0.2, 0) is 0 Å². The Balaban J connectivity index is 2.31. The lowest BCUT2D eigenvalue weighted by molar-refractivity contribution is 0.0996. The third kappa shape index (κ3) is 2.46. The zero-order valence-electron chi connectivity index (χ0n) is 10.0. The summed E-state index contributed by atoms with van der Waals surface area (Å²) >= 11 is 0. The fourth-order valence-electron chi connectivity index (χ4n) is 1.72. The molecule has 90 valence electrons. The van der Waals surface area contributed by atoms with Crippen LogP contribution in [0.4, 0.5) is 0 Å². The molecule has 0 heterocycles. The molecule has 0 saturated carbocycles. The zero-order chi connectivity index (χ0) is 13.1. The molecular weight excluding hydrogens is 226 g/mol. The minimum atomic E-state index is -0.437. The number of hydrogen-bond donors (Lipinski definition) is 1. The van der Waals surface area contributed by atoms with Crippen molar-refractivity contribution in [2.45, 2.75) is 6.92 Å². The standard InChI is InChI=1S/C15H13NO2/c1-10(17)11-2-4-12(5-3-11)13-6-8-14(9-7-13)15(16)18/h2-9H,1H3,(H2,16,18). The fourth-order valence-corrected chi connectivity index (χ4v) is 1.72. The lowest BCUT2D eigenvalue weighted by Gasteiger charge is -2.03. The van der Waals surface area contributed by atoms with E-state index < -0.39 is 5.91 Å². The van der Waals surface area contributed by atoms with Crippen molar-refractivity contribution in [3.8, 4) is 11.1 Å². The van der Waals surface area contributed by atoms with Crippen LogP contribution >= 0.6 is 0 Å². The van der Waals surface area contributed by atoms with Gasteiger partial charge in [-0.2, -0.15) is 0 Å². The maximum absolute atomic E-state index is 11.2. The lowest BCUT2D eigenvalue weighted by Crippen LogP contribution is -2.10. The van der Waals surface area contributed by atoms with Crippen LogP contribution in [0.5, 0.6) is 0 Å². The third-order valence-electron chi connectivity index (χ3n) is 2.79. The normalized spacial score (nSPS) is 10.1. The van der Waals surface area contributed by atoms with E-state index in [2.05, 4.69) is 0 Å². The van der Waals surface area contributed by atoms with E-state index in [4.69, 9.17) is 5.73 Å². The summed E-state index contributed by atoms with van der Waals surface area (Å²) in [5, 5.41) is 0. The molecule has 2 N–H and O–H groups in total. The van der Waals surface area contributed by atoms with E-state index in [1.54, 1.807) is 24.3 Å². The molecule has 0 bridgehead atoms. The van der Waals surface area contributed by atoms with Crippen molar-refractivity contribution < 1.29 is 9.59 Å². The molecule has 2 rings (SSSR count). The van der Waals surface area contributed by atoms with Gasteiger partial charge in [0.1, 0.15) is 0 Å². The van der Waals surface area contributed by atoms with Gasteiger partial charge < -0.3 is 5.73 Å². The largest absolute Gasteiger partial charge is 0.366 e. The summed E-state index contributed by atoms with van der Waals surface area (Å²) in [4.78, 5) is 22.1. The number of nitrogens with two attached hydrogens (primary N) is 1. The fraction of sp³-hybridized carbons (Fsp3) is 0.0667. The summed E-state index contributed by atoms with van der Waals surface area (Å²) in [5.74, 6) is -0.390. The molecule has 3 nitrogen and oxygen atoms in total. The maximum atomic E-state index is 11.2. The molecule has 18 heavy (non-hydrogen) atoms. The highest BCUT2D eigenvalue weighted by Gasteiger charge is 2.03. The van der Waals surface area contributed by atoms with Crippen molar-refractivity contribution in [1.82, 2.24) is 0 Å². The first-order valence-electron chi connectivity index (χ1n) is 5.59. The predicted octanol–water partition coefficient (Wildman–Crippen LogP) is 2.66. The summed E-state index contributed by atoms with van der Waals surface area (Å²) in [6.07, 6.45) is 0. The first-order valence-corrected chi connectivity index (χ1v) is 5.59. The number of carbonyl (C=O) groups is 2. The summed E-state index contributed by atoms with van der Waals surface area (Å²) in [7, 11) is 0. The van der Waals surface area contributed by atoms with E-state index >= 15 is 0 Å². The molecule has 2 aromatic rings. The Morgan fingerprint density at radius 2 is 1.17 bits per heavy atom. The molecule has 3 heteroatoms. The summed E-state index contributed by atoms with van der Waals surface area (Å²) in [6.45, 7) is 1.54. The van der Waals surface area contributed by atoms with Gasteiger partial charge in [-0.15, -0.1) is 0 Å². The number of carbonyl (C=O) groups excluding carboxylic acids is 2. The van der Waals surface area contributed by atoms with Crippen LogP contribution in [0.25, 0.3) is 11.1 Å². The Morgan fingerprint density at radius 1 is 0.778 bits per heavy atom. The molecule has 0 fully saturated rings. The van der Waals surface area contributed by atoms with Gasteiger partial charge in [0.25, 0.3) is 0 Å². The van der Waals surface area contributed by atoms with Gasteiger partial charge in [0.15, 0.2) is 5.78 Å². The Labute approximate surface area is 105 Å². The van der Waals surface area contributed by atoms with Crippen molar-refractivity contribution in [3.05, 3.63) is 59.7 Å². The van der Waals surface area contributed by atoms with Gasteiger partial charge in [0.05, 0.1) is 0 Å². The SMILES string of the molecule is CC(=O)c1ccc(-c2ccc(C(N)=O)cc2)cc1. The van der Waals surface area contributed by atoms with Gasteiger partial charge in [0.2, 0.25) is 5.91 Å². The van der Waals surface area contributed by atoms with Crippen LogP contribution < -0.4 is 5.73 Å². The third-order valence-corrected chi connectivity index (χ3v) is 2.79. The van der Waals surface area contributed by atoms with Crippen LogP contribution in [0.2, 0.25) is 0 Å². The van der Waals surface area contributed by atoms with E-state index in [0.717, 1.165) is 11.1 Å². The topological polar surface area (TPSA) is 60.2 Å². The zero-order valence-corrected chi connectivity index (χ0v) is 10.0. The molecule has 2 aromatic carbocycles. The smallest absolute Gasteiger partial charge is 0.248 e. The minimum Gasteiger partial charge on any atom is -0.366 e. The van der Waals surface area contributed by atoms with Gasteiger partial charge in [-0.25, -0.2) is 0 Å². The number of rotatable bonds is 3. The van der Waals surface area contributed by atoms with Crippen LogP contribution in [0.1, 0.15) is 27.6 Å². The summed E-state index contributed by atoms with van der Waals surface area (Å²) in [5.41, 5.74) is 8.33. The van der Waals surface area contributed by atoms with Gasteiger partial charge in [-0.3, -0.25) is 9.59 Å². The molecule has 1 amide bonds. The Hall–Kier alpha value is -2.42. The number of Topliss-reactive ketones (excluding diaryl/α,β-unsaturated/α-hetero) is 1. The molecule has 0 radical (unpaired) electrons. The van der Waals surface area contributed by atoms with Gasteiger partial charge in [-0.05, 0) is 30.2 Å². The highest BCUT2D eigenvalue weighted by molar-refractivity contribution is 5.95. The molecular formula is C15H13NO2. The van der Waals surface area contributed by atoms with Crippen molar-refractivity contribution in [1.29, 1.82) is 0 Å². The molecule has 0 aromatic heterocycles. The maximum Gasteiger partial charge on any atom is 0.248 e. The average Bonchev–Trinajstić information content (AvgIpc) is 2.39. The first-order chi connectivity index (χ1) is 8.58. The molecule has 0 aliphatic heterocycles. The molecule has 0 aliphatic carbocycles. The predicted molar refractivity (Wildman–Crippen MR) is 70.4 cm³/mol. The highest BCUT2D eigenvalue weighted by Crippen LogP contribution is 2.20. The van der Waals surface area contributed by atoms with Crippen molar-refractivity contribution in [3.63, 3.8) is 0 Å². The second-order valence-electron chi connectivity index (χ2n) is 4.08. The van der Waals surface area contributed by atoms with Crippen LogP contribution in [0.15, 0.2) is 48.5 Å². The van der Waals surface area contributed by atoms with Crippen LogP contribution in [0.3, 0.4) is 0 Å². The Kier molecular flexibility index (Phi) is 3.24. The lowest BCUT2D eigenvalue weighted by atomic mass is 10.0. The Bertz CT molecular complexity index is 527. The number of benzene rings is 2. The molecule has 0 saturated heterocycles. The van der Waals surface area contributed by atoms with E-state index in [-0.39, 0.29) is 5.78 Å². The van der Waals surface area contributed by atoms with Crippen molar-refractivity contribution in [2.24, 2.45) is 5.73 Å². The van der Waals surface area contributed by atoms with E-state index in [1.165, 1.54) is 6.92 Å². The van der Waals surface area contributed by atoms with Gasteiger partial charge in [0, 0.05) is 11.1 Å². The van der Waals surface area contributed by atoms with E-state index in [9.17, 15) is 9.59 Å². The minimum absolute atomic E-state index is 0.0469. The molecule has 0 aliphatic rings.